The first-order valence-corrected chi connectivity index (χ1v) is 11.0. The number of fused-ring (bicyclic) bond motifs is 1. The topological polar surface area (TPSA) is 80.8 Å². The zero-order valence-corrected chi connectivity index (χ0v) is 19.2. The number of nitrogens with zero attached hydrogens (tertiary/aromatic N) is 2. The summed E-state index contributed by atoms with van der Waals surface area (Å²) >= 11 is 0. The summed E-state index contributed by atoms with van der Waals surface area (Å²) in [5, 5.41) is 3.06. The molecule has 0 atom stereocenters. The predicted molar refractivity (Wildman–Crippen MR) is 118 cm³/mol. The van der Waals surface area contributed by atoms with Gasteiger partial charge in [0.1, 0.15) is 6.61 Å². The van der Waals surface area contributed by atoms with Crippen molar-refractivity contribution in [1.29, 1.82) is 0 Å². The summed E-state index contributed by atoms with van der Waals surface area (Å²) in [7, 11) is 0. The number of carbonyl (C=O) groups is 2. The highest BCUT2D eigenvalue weighted by Gasteiger charge is 2.46. The molecule has 0 bridgehead atoms. The van der Waals surface area contributed by atoms with Crippen LogP contribution in [0.5, 0.6) is 5.75 Å². The van der Waals surface area contributed by atoms with Crippen molar-refractivity contribution in [2.45, 2.75) is 51.0 Å². The third-order valence-corrected chi connectivity index (χ3v) is 6.33. The van der Waals surface area contributed by atoms with Crippen LogP contribution >= 0.6 is 0 Å². The lowest BCUT2D eigenvalue weighted by Crippen LogP contribution is -2.49. The number of halogens is 3. The van der Waals surface area contributed by atoms with Crippen LogP contribution in [0.25, 0.3) is 0 Å². The molecular weight excluding hydrogens is 451 g/mol. The molecule has 1 fully saturated rings. The van der Waals surface area contributed by atoms with Crippen molar-refractivity contribution in [2.24, 2.45) is 0 Å². The zero-order valence-electron chi connectivity index (χ0n) is 19.2. The van der Waals surface area contributed by atoms with Gasteiger partial charge in [0.05, 0.1) is 11.1 Å². The van der Waals surface area contributed by atoms with Gasteiger partial charge < -0.3 is 14.8 Å². The summed E-state index contributed by atoms with van der Waals surface area (Å²) in [5.41, 5.74) is -0.208. The van der Waals surface area contributed by atoms with Crippen molar-refractivity contribution in [1.82, 2.24) is 10.3 Å². The van der Waals surface area contributed by atoms with Crippen molar-refractivity contribution in [3.63, 3.8) is 0 Å². The summed E-state index contributed by atoms with van der Waals surface area (Å²) in [6.07, 6.45) is -0.210. The van der Waals surface area contributed by atoms with Gasteiger partial charge in [0.15, 0.2) is 11.6 Å². The van der Waals surface area contributed by atoms with Crippen LogP contribution in [0.2, 0.25) is 0 Å². The van der Waals surface area contributed by atoms with E-state index in [-0.39, 0.29) is 11.7 Å². The number of rotatable bonds is 6. The van der Waals surface area contributed by atoms with Crippen LogP contribution in [-0.4, -0.2) is 48.6 Å². The fraction of sp³-hybridized carbons (Fsp3) is 0.458. The molecule has 2 aliphatic rings. The molecule has 0 saturated carbocycles. The minimum atomic E-state index is -2.78. The van der Waals surface area contributed by atoms with E-state index in [2.05, 4.69) is 10.3 Å². The van der Waals surface area contributed by atoms with Crippen molar-refractivity contribution in [2.75, 3.05) is 24.7 Å². The molecule has 0 radical (unpaired) electrons. The fourth-order valence-corrected chi connectivity index (χ4v) is 4.22. The highest BCUT2D eigenvalue weighted by Crippen LogP contribution is 2.46. The molecule has 10 heteroatoms. The SMILES string of the molecule is CC1(NC(=O)c2ccc3c(c2)C(C)(C)C(=O)N3c2nccc(OCC(F)F)c2F)CCOCC1. The highest BCUT2D eigenvalue weighted by molar-refractivity contribution is 6.12. The molecule has 3 heterocycles. The number of amides is 2. The maximum absolute atomic E-state index is 15.1. The second kappa shape index (κ2) is 8.90. The summed E-state index contributed by atoms with van der Waals surface area (Å²) in [5.74, 6) is -2.54. The first-order valence-electron chi connectivity index (χ1n) is 11.0. The second-order valence-electron chi connectivity index (χ2n) is 9.27. The van der Waals surface area contributed by atoms with E-state index < -0.39 is 41.5 Å². The summed E-state index contributed by atoms with van der Waals surface area (Å²) < 4.78 is 50.4. The number of benzene rings is 1. The van der Waals surface area contributed by atoms with Crippen LogP contribution < -0.4 is 15.0 Å². The highest BCUT2D eigenvalue weighted by atomic mass is 19.3. The number of nitrogens with one attached hydrogen (secondary N) is 1. The Morgan fingerprint density at radius 1 is 1.24 bits per heavy atom. The molecule has 0 spiro atoms. The largest absolute Gasteiger partial charge is 0.484 e. The van der Waals surface area contributed by atoms with E-state index in [9.17, 15) is 18.4 Å². The van der Waals surface area contributed by atoms with E-state index in [1.54, 1.807) is 32.0 Å². The third-order valence-electron chi connectivity index (χ3n) is 6.33. The molecule has 2 amide bonds. The fourth-order valence-electron chi connectivity index (χ4n) is 4.22. The Hall–Kier alpha value is -3.14. The quantitative estimate of drug-likeness (QED) is 0.677. The van der Waals surface area contributed by atoms with Gasteiger partial charge >= 0.3 is 0 Å². The minimum absolute atomic E-state index is 0.277. The van der Waals surface area contributed by atoms with E-state index in [0.717, 1.165) is 11.0 Å². The van der Waals surface area contributed by atoms with Crippen molar-refractivity contribution >= 4 is 23.3 Å². The Bertz CT molecular complexity index is 1120. The van der Waals surface area contributed by atoms with Crippen molar-refractivity contribution in [3.05, 3.63) is 47.4 Å². The van der Waals surface area contributed by atoms with E-state index in [4.69, 9.17) is 9.47 Å². The van der Waals surface area contributed by atoms with E-state index >= 15 is 4.39 Å². The number of hydrogen-bond acceptors (Lipinski definition) is 5. The molecule has 7 nitrogen and oxygen atoms in total. The van der Waals surface area contributed by atoms with E-state index in [1.807, 2.05) is 6.92 Å². The van der Waals surface area contributed by atoms with Crippen LogP contribution in [0.1, 0.15) is 49.5 Å². The lowest BCUT2D eigenvalue weighted by Gasteiger charge is -2.34. The molecular formula is C24H26F3N3O4. The van der Waals surface area contributed by atoms with E-state index in [0.29, 0.717) is 42.9 Å². The van der Waals surface area contributed by atoms with Crippen LogP contribution in [-0.2, 0) is 14.9 Å². The number of carbonyl (C=O) groups excluding carboxylic acids is 2. The molecule has 2 aromatic rings. The van der Waals surface area contributed by atoms with Gasteiger partial charge in [0, 0.05) is 36.6 Å². The molecule has 4 rings (SSSR count). The average Bonchev–Trinajstić information content (AvgIpc) is 2.98. The maximum atomic E-state index is 15.1. The van der Waals surface area contributed by atoms with Gasteiger partial charge in [-0.25, -0.2) is 13.8 Å². The van der Waals surface area contributed by atoms with Crippen molar-refractivity contribution < 1.29 is 32.2 Å². The maximum Gasteiger partial charge on any atom is 0.272 e. The Labute approximate surface area is 195 Å². The molecule has 1 saturated heterocycles. The first-order chi connectivity index (χ1) is 16.0. The Balaban J connectivity index is 1.67. The molecule has 0 unspecified atom stereocenters. The second-order valence-corrected chi connectivity index (χ2v) is 9.27. The monoisotopic (exact) mass is 477 g/mol. The standard InChI is InChI=1S/C24H26F3N3O4/c1-23(2)15-12-14(21(31)29-24(3)7-10-33-11-8-24)4-5-16(15)30(22(23)32)20-19(27)17(6-9-28-20)34-13-18(25)26/h4-6,9,12,18H,7-8,10-11,13H2,1-3H3,(H,29,31). The molecule has 1 N–H and O–H groups in total. The lowest BCUT2D eigenvalue weighted by molar-refractivity contribution is -0.121. The van der Waals surface area contributed by atoms with E-state index in [1.165, 1.54) is 6.20 Å². The number of hydrogen-bond donors (Lipinski definition) is 1. The molecule has 0 aliphatic carbocycles. The average molecular weight is 477 g/mol. The van der Waals surface area contributed by atoms with Gasteiger partial charge in [-0.05, 0) is 57.4 Å². The molecule has 1 aromatic heterocycles. The Morgan fingerprint density at radius 2 is 1.94 bits per heavy atom. The Morgan fingerprint density at radius 3 is 2.62 bits per heavy atom. The third kappa shape index (κ3) is 4.34. The van der Waals surface area contributed by atoms with Gasteiger partial charge in [-0.2, -0.15) is 4.39 Å². The van der Waals surface area contributed by atoms with Crippen LogP contribution in [0, 0.1) is 5.82 Å². The van der Waals surface area contributed by atoms with Crippen LogP contribution in [0.4, 0.5) is 24.7 Å². The number of alkyl halides is 2. The molecule has 2 aliphatic heterocycles. The normalized spacial score (nSPS) is 18.7. The number of anilines is 2. The predicted octanol–water partition coefficient (Wildman–Crippen LogP) is 4.12. The number of ether oxygens (including phenoxy) is 2. The van der Waals surface area contributed by atoms with Crippen LogP contribution in [0.3, 0.4) is 0 Å². The smallest absolute Gasteiger partial charge is 0.272 e. The number of aromatic nitrogens is 1. The summed E-state index contributed by atoms with van der Waals surface area (Å²) in [6, 6.07) is 5.88. The Kier molecular flexibility index (Phi) is 6.28. The number of pyridine rings is 1. The zero-order chi connectivity index (χ0) is 24.7. The van der Waals surface area contributed by atoms with Gasteiger partial charge in [-0.1, -0.05) is 0 Å². The van der Waals surface area contributed by atoms with Gasteiger partial charge in [0.2, 0.25) is 11.7 Å². The minimum Gasteiger partial charge on any atom is -0.484 e. The first kappa shape index (κ1) is 24.0. The van der Waals surface area contributed by atoms with Gasteiger partial charge in [-0.3, -0.25) is 14.5 Å². The summed E-state index contributed by atoms with van der Waals surface area (Å²) in [4.78, 5) is 31.4. The lowest BCUT2D eigenvalue weighted by atomic mass is 9.85. The summed E-state index contributed by atoms with van der Waals surface area (Å²) in [6.45, 7) is 5.45. The van der Waals surface area contributed by atoms with Gasteiger partial charge in [-0.15, -0.1) is 0 Å². The molecule has 182 valence electrons. The molecule has 1 aromatic carbocycles. The molecule has 34 heavy (non-hydrogen) atoms. The van der Waals surface area contributed by atoms with Crippen molar-refractivity contribution in [3.8, 4) is 5.75 Å². The van der Waals surface area contributed by atoms with Crippen LogP contribution in [0.15, 0.2) is 30.5 Å². The van der Waals surface area contributed by atoms with Gasteiger partial charge in [0.25, 0.3) is 12.3 Å².